The fourth-order valence-corrected chi connectivity index (χ4v) is 2.70. The summed E-state index contributed by atoms with van der Waals surface area (Å²) in [6.45, 7) is 0. The maximum absolute atomic E-state index is 13.5. The second kappa shape index (κ2) is 7.10. The number of rotatable bonds is 4. The largest absolute Gasteiger partial charge is 0.418 e. The average Bonchev–Trinajstić information content (AvgIpc) is 3.23. The summed E-state index contributed by atoms with van der Waals surface area (Å²) in [6, 6.07) is 9.22. The van der Waals surface area contributed by atoms with Gasteiger partial charge in [-0.15, -0.1) is 0 Å². The zero-order chi connectivity index (χ0) is 19.6. The molecular formula is C19H13F3N6. The third-order valence-electron chi connectivity index (χ3n) is 3.97. The summed E-state index contributed by atoms with van der Waals surface area (Å²) in [7, 11) is 0. The fraction of sp³-hybridized carbons (Fsp3) is 0.0526. The first-order valence-electron chi connectivity index (χ1n) is 8.21. The molecule has 140 valence electrons. The molecule has 3 aromatic heterocycles. The van der Waals surface area contributed by atoms with E-state index < -0.39 is 11.7 Å². The molecule has 0 bridgehead atoms. The summed E-state index contributed by atoms with van der Waals surface area (Å²) < 4.78 is 42.0. The van der Waals surface area contributed by atoms with Crippen LogP contribution in [0, 0.1) is 0 Å². The zero-order valence-corrected chi connectivity index (χ0v) is 14.3. The Balaban J connectivity index is 1.68. The second-order valence-electron chi connectivity index (χ2n) is 5.83. The van der Waals surface area contributed by atoms with Crippen LogP contribution >= 0.6 is 0 Å². The SMILES string of the molecule is FC(F)(F)c1cc(Nc2nccc(-c3ccncc3)n2)ccc1-n1ccnc1. The van der Waals surface area contributed by atoms with Crippen molar-refractivity contribution in [2.75, 3.05) is 5.32 Å². The topological polar surface area (TPSA) is 68.5 Å². The Bertz CT molecular complexity index is 1080. The van der Waals surface area contributed by atoms with Crippen molar-refractivity contribution in [1.29, 1.82) is 0 Å². The zero-order valence-electron chi connectivity index (χ0n) is 14.3. The van der Waals surface area contributed by atoms with Gasteiger partial charge in [0, 0.05) is 42.2 Å². The minimum Gasteiger partial charge on any atom is -0.324 e. The quantitative estimate of drug-likeness (QED) is 0.563. The van der Waals surface area contributed by atoms with Gasteiger partial charge < -0.3 is 9.88 Å². The van der Waals surface area contributed by atoms with Crippen LogP contribution in [0.5, 0.6) is 0 Å². The third kappa shape index (κ3) is 3.68. The second-order valence-corrected chi connectivity index (χ2v) is 5.83. The molecule has 1 aromatic carbocycles. The van der Waals surface area contributed by atoms with Gasteiger partial charge in [0.1, 0.15) is 0 Å². The molecule has 28 heavy (non-hydrogen) atoms. The average molecular weight is 382 g/mol. The molecule has 0 fully saturated rings. The molecule has 4 aromatic rings. The molecule has 0 saturated carbocycles. The minimum atomic E-state index is -4.53. The van der Waals surface area contributed by atoms with Gasteiger partial charge in [0.05, 0.1) is 23.3 Å². The van der Waals surface area contributed by atoms with Gasteiger partial charge in [-0.25, -0.2) is 15.0 Å². The number of nitrogens with one attached hydrogen (secondary N) is 1. The molecule has 0 spiro atoms. The predicted octanol–water partition coefficient (Wildman–Crippen LogP) is 4.49. The number of imidazole rings is 1. The molecule has 0 aliphatic carbocycles. The number of anilines is 2. The van der Waals surface area contributed by atoms with Crippen molar-refractivity contribution in [1.82, 2.24) is 24.5 Å². The van der Waals surface area contributed by atoms with Gasteiger partial charge in [-0.1, -0.05) is 0 Å². The molecule has 9 heteroatoms. The van der Waals surface area contributed by atoms with E-state index in [0.29, 0.717) is 5.69 Å². The Labute approximate surface area is 157 Å². The molecule has 6 nitrogen and oxygen atoms in total. The number of nitrogens with zero attached hydrogens (tertiary/aromatic N) is 5. The molecule has 4 rings (SSSR count). The van der Waals surface area contributed by atoms with Crippen LogP contribution in [0.1, 0.15) is 5.56 Å². The highest BCUT2D eigenvalue weighted by Crippen LogP contribution is 2.36. The summed E-state index contributed by atoms with van der Waals surface area (Å²) >= 11 is 0. The van der Waals surface area contributed by atoms with Crippen LogP contribution < -0.4 is 5.32 Å². The Morgan fingerprint density at radius 3 is 2.43 bits per heavy atom. The van der Waals surface area contributed by atoms with E-state index in [9.17, 15) is 13.2 Å². The van der Waals surface area contributed by atoms with Gasteiger partial charge in [-0.3, -0.25) is 4.98 Å². The molecule has 1 N–H and O–H groups in total. The summed E-state index contributed by atoms with van der Waals surface area (Å²) in [5.74, 6) is 0.192. The smallest absolute Gasteiger partial charge is 0.324 e. The van der Waals surface area contributed by atoms with E-state index in [1.807, 2.05) is 0 Å². The van der Waals surface area contributed by atoms with E-state index in [4.69, 9.17) is 0 Å². The van der Waals surface area contributed by atoms with E-state index in [2.05, 4.69) is 25.3 Å². The van der Waals surface area contributed by atoms with Crippen LogP contribution in [0.3, 0.4) is 0 Å². The lowest BCUT2D eigenvalue weighted by Gasteiger charge is -2.15. The highest BCUT2D eigenvalue weighted by atomic mass is 19.4. The van der Waals surface area contributed by atoms with Crippen LogP contribution in [0.25, 0.3) is 16.9 Å². The van der Waals surface area contributed by atoms with Gasteiger partial charge in [0.15, 0.2) is 0 Å². The molecule has 0 amide bonds. The molecule has 3 heterocycles. The number of pyridine rings is 1. The first-order valence-corrected chi connectivity index (χ1v) is 8.21. The van der Waals surface area contributed by atoms with Gasteiger partial charge in [-0.2, -0.15) is 13.2 Å². The van der Waals surface area contributed by atoms with Gasteiger partial charge >= 0.3 is 6.18 Å². The number of halogens is 3. The van der Waals surface area contributed by atoms with Gasteiger partial charge in [-0.05, 0) is 36.4 Å². The maximum Gasteiger partial charge on any atom is 0.418 e. The van der Waals surface area contributed by atoms with E-state index >= 15 is 0 Å². The van der Waals surface area contributed by atoms with Gasteiger partial charge in [0.2, 0.25) is 5.95 Å². The van der Waals surface area contributed by atoms with Crippen molar-refractivity contribution in [2.45, 2.75) is 6.18 Å². The predicted molar refractivity (Wildman–Crippen MR) is 97.1 cm³/mol. The van der Waals surface area contributed by atoms with E-state index in [-0.39, 0.29) is 17.3 Å². The summed E-state index contributed by atoms with van der Waals surface area (Å²) in [5.41, 5.74) is 0.878. The number of alkyl halides is 3. The van der Waals surface area contributed by atoms with Crippen molar-refractivity contribution < 1.29 is 13.2 Å². The monoisotopic (exact) mass is 382 g/mol. The first kappa shape index (κ1) is 17.7. The highest BCUT2D eigenvalue weighted by molar-refractivity contribution is 5.63. The lowest BCUT2D eigenvalue weighted by atomic mass is 10.1. The molecule has 0 aliphatic heterocycles. The number of benzene rings is 1. The normalized spacial score (nSPS) is 11.4. The van der Waals surface area contributed by atoms with Crippen LogP contribution in [0.15, 0.2) is 73.7 Å². The first-order chi connectivity index (χ1) is 13.5. The lowest BCUT2D eigenvalue weighted by Crippen LogP contribution is -2.11. The van der Waals surface area contributed by atoms with Crippen molar-refractivity contribution in [3.63, 3.8) is 0 Å². The molecular weight excluding hydrogens is 369 g/mol. The summed E-state index contributed by atoms with van der Waals surface area (Å²) in [4.78, 5) is 16.2. The Hall–Kier alpha value is -3.75. The van der Waals surface area contributed by atoms with Crippen LogP contribution in [-0.4, -0.2) is 24.5 Å². The Morgan fingerprint density at radius 1 is 0.893 bits per heavy atom. The molecule has 0 radical (unpaired) electrons. The summed E-state index contributed by atoms with van der Waals surface area (Å²) in [5, 5.41) is 2.84. The fourth-order valence-electron chi connectivity index (χ4n) is 2.70. The van der Waals surface area contributed by atoms with Crippen molar-refractivity contribution in [3.8, 4) is 16.9 Å². The van der Waals surface area contributed by atoms with Crippen LogP contribution in [0.2, 0.25) is 0 Å². The van der Waals surface area contributed by atoms with E-state index in [0.717, 1.165) is 11.6 Å². The summed E-state index contributed by atoms with van der Waals surface area (Å²) in [6.07, 6.45) is 4.47. The van der Waals surface area contributed by atoms with Gasteiger partial charge in [0.25, 0.3) is 0 Å². The maximum atomic E-state index is 13.5. The van der Waals surface area contributed by atoms with Crippen molar-refractivity contribution in [3.05, 3.63) is 79.3 Å². The van der Waals surface area contributed by atoms with Crippen molar-refractivity contribution in [2.24, 2.45) is 0 Å². The third-order valence-corrected chi connectivity index (χ3v) is 3.97. The number of hydrogen-bond donors (Lipinski definition) is 1. The number of aromatic nitrogens is 5. The van der Waals surface area contributed by atoms with Crippen molar-refractivity contribution >= 4 is 11.6 Å². The molecule has 0 atom stereocenters. The van der Waals surface area contributed by atoms with Crippen LogP contribution in [0.4, 0.5) is 24.8 Å². The Kier molecular flexibility index (Phi) is 4.48. The molecule has 0 aliphatic rings. The number of hydrogen-bond acceptors (Lipinski definition) is 5. The van der Waals surface area contributed by atoms with E-state index in [1.54, 1.807) is 30.6 Å². The highest BCUT2D eigenvalue weighted by Gasteiger charge is 2.34. The molecule has 0 unspecified atom stereocenters. The molecule has 0 saturated heterocycles. The lowest BCUT2D eigenvalue weighted by molar-refractivity contribution is -0.137. The van der Waals surface area contributed by atoms with E-state index in [1.165, 1.54) is 41.6 Å². The Morgan fingerprint density at radius 2 is 1.71 bits per heavy atom. The minimum absolute atomic E-state index is 0.0120. The van der Waals surface area contributed by atoms with Crippen LogP contribution in [-0.2, 0) is 6.18 Å². The standard InChI is InChI=1S/C19H13F3N6/c20-19(21,22)15-11-14(1-2-17(15)28-10-9-24-12-28)26-18-25-8-5-16(27-18)13-3-6-23-7-4-13/h1-12H,(H,25,26,27).